The standard InChI is InChI=1S/C22H24F3N3O/c23-22(24,25)21(29)27-11-12-28-18(15-27)13-26-14-19(28)20(16-7-3-1-4-8-16)17-9-5-2-6-10-17/h1-10,18-20,26H,11-15H2. The zero-order valence-electron chi connectivity index (χ0n) is 16.0. The largest absolute Gasteiger partial charge is 0.471 e. The number of nitrogens with zero attached hydrogens (tertiary/aromatic N) is 2. The van der Waals surface area contributed by atoms with Crippen molar-refractivity contribution in [2.24, 2.45) is 0 Å². The Hall–Kier alpha value is -2.38. The summed E-state index contributed by atoms with van der Waals surface area (Å²) in [5.41, 5.74) is 2.36. The van der Waals surface area contributed by atoms with Gasteiger partial charge in [0.2, 0.25) is 0 Å². The average molecular weight is 403 g/mol. The predicted molar refractivity (Wildman–Crippen MR) is 105 cm³/mol. The summed E-state index contributed by atoms with van der Waals surface area (Å²) in [5, 5.41) is 3.39. The van der Waals surface area contributed by atoms with Gasteiger partial charge in [-0.3, -0.25) is 9.69 Å². The van der Waals surface area contributed by atoms with Gasteiger partial charge in [0, 0.05) is 50.7 Å². The Bertz CT molecular complexity index is 789. The molecule has 2 fully saturated rings. The molecule has 0 radical (unpaired) electrons. The SMILES string of the molecule is O=C(N1CCN2C(CNCC2C(c2ccccc2)c2ccccc2)C1)C(F)(F)F. The Labute approximate surface area is 168 Å². The number of benzene rings is 2. The number of nitrogens with one attached hydrogen (secondary N) is 1. The highest BCUT2D eigenvalue weighted by molar-refractivity contribution is 5.82. The first kappa shape index (κ1) is 19.9. The first-order valence-corrected chi connectivity index (χ1v) is 9.87. The molecule has 0 aliphatic carbocycles. The van der Waals surface area contributed by atoms with Gasteiger partial charge in [-0.1, -0.05) is 60.7 Å². The Morgan fingerprint density at radius 3 is 2.07 bits per heavy atom. The lowest BCUT2D eigenvalue weighted by Gasteiger charge is -2.50. The van der Waals surface area contributed by atoms with Crippen LogP contribution in [0.4, 0.5) is 13.2 Å². The van der Waals surface area contributed by atoms with Crippen molar-refractivity contribution >= 4 is 5.91 Å². The average Bonchev–Trinajstić information content (AvgIpc) is 2.74. The third kappa shape index (κ3) is 4.16. The molecule has 2 saturated heterocycles. The number of fused-ring (bicyclic) bond motifs is 1. The smallest absolute Gasteiger partial charge is 0.332 e. The molecular weight excluding hydrogens is 379 g/mol. The van der Waals surface area contributed by atoms with Gasteiger partial charge in [-0.25, -0.2) is 0 Å². The summed E-state index contributed by atoms with van der Waals surface area (Å²) in [6, 6.07) is 20.4. The summed E-state index contributed by atoms with van der Waals surface area (Å²) in [7, 11) is 0. The molecule has 154 valence electrons. The minimum atomic E-state index is -4.82. The van der Waals surface area contributed by atoms with Crippen molar-refractivity contribution in [3.63, 3.8) is 0 Å². The molecule has 2 aliphatic rings. The van der Waals surface area contributed by atoms with Crippen LogP contribution < -0.4 is 5.32 Å². The molecule has 1 amide bonds. The van der Waals surface area contributed by atoms with E-state index in [1.807, 2.05) is 36.4 Å². The van der Waals surface area contributed by atoms with Crippen LogP contribution >= 0.6 is 0 Å². The van der Waals surface area contributed by atoms with Crippen LogP contribution in [-0.2, 0) is 4.79 Å². The van der Waals surface area contributed by atoms with Crippen molar-refractivity contribution in [1.82, 2.24) is 15.1 Å². The van der Waals surface area contributed by atoms with Crippen molar-refractivity contribution in [2.75, 3.05) is 32.7 Å². The van der Waals surface area contributed by atoms with Crippen molar-refractivity contribution in [3.8, 4) is 0 Å². The summed E-state index contributed by atoms with van der Waals surface area (Å²) in [6.45, 7) is 1.96. The first-order chi connectivity index (χ1) is 13.9. The van der Waals surface area contributed by atoms with E-state index in [0.29, 0.717) is 13.1 Å². The molecule has 4 nitrogen and oxygen atoms in total. The van der Waals surface area contributed by atoms with Crippen LogP contribution in [0.1, 0.15) is 17.0 Å². The fourth-order valence-corrected chi connectivity index (χ4v) is 4.63. The molecule has 2 aromatic carbocycles. The molecule has 2 atom stereocenters. The number of alkyl halides is 3. The van der Waals surface area contributed by atoms with E-state index in [1.165, 1.54) is 11.1 Å². The molecule has 0 aromatic heterocycles. The van der Waals surface area contributed by atoms with Crippen LogP contribution in [0, 0.1) is 0 Å². The van der Waals surface area contributed by atoms with Gasteiger partial charge in [0.1, 0.15) is 0 Å². The molecule has 2 unspecified atom stereocenters. The maximum atomic E-state index is 12.9. The van der Waals surface area contributed by atoms with Gasteiger partial charge in [-0.05, 0) is 11.1 Å². The minimum Gasteiger partial charge on any atom is -0.332 e. The monoisotopic (exact) mass is 403 g/mol. The van der Waals surface area contributed by atoms with E-state index in [2.05, 4.69) is 34.5 Å². The quantitative estimate of drug-likeness (QED) is 0.856. The lowest BCUT2D eigenvalue weighted by molar-refractivity contribution is -0.188. The lowest BCUT2D eigenvalue weighted by Crippen LogP contribution is -2.67. The third-order valence-corrected chi connectivity index (χ3v) is 5.92. The number of hydrogen-bond donors (Lipinski definition) is 1. The normalized spacial score (nSPS) is 23.1. The molecule has 4 rings (SSSR count). The van der Waals surface area contributed by atoms with Gasteiger partial charge in [0.25, 0.3) is 0 Å². The zero-order valence-corrected chi connectivity index (χ0v) is 16.0. The highest BCUT2D eigenvalue weighted by Crippen LogP contribution is 2.34. The molecule has 29 heavy (non-hydrogen) atoms. The summed E-state index contributed by atoms with van der Waals surface area (Å²) in [5.74, 6) is -1.64. The predicted octanol–water partition coefficient (Wildman–Crippen LogP) is 2.87. The van der Waals surface area contributed by atoms with Crippen LogP contribution in [0.15, 0.2) is 60.7 Å². The van der Waals surface area contributed by atoms with Gasteiger partial charge >= 0.3 is 12.1 Å². The highest BCUT2D eigenvalue weighted by atomic mass is 19.4. The van der Waals surface area contributed by atoms with Crippen LogP contribution in [-0.4, -0.2) is 66.7 Å². The van der Waals surface area contributed by atoms with Gasteiger partial charge in [0.15, 0.2) is 0 Å². The molecule has 2 aliphatic heterocycles. The number of piperazine rings is 2. The van der Waals surface area contributed by atoms with E-state index < -0.39 is 12.1 Å². The Balaban J connectivity index is 1.61. The third-order valence-electron chi connectivity index (χ3n) is 5.92. The molecule has 1 N–H and O–H groups in total. The van der Waals surface area contributed by atoms with Crippen LogP contribution in [0.3, 0.4) is 0 Å². The number of halogens is 3. The Morgan fingerprint density at radius 2 is 1.52 bits per heavy atom. The van der Waals surface area contributed by atoms with Gasteiger partial charge in [-0.15, -0.1) is 0 Å². The number of hydrogen-bond acceptors (Lipinski definition) is 3. The lowest BCUT2D eigenvalue weighted by atomic mass is 9.82. The summed E-state index contributed by atoms with van der Waals surface area (Å²) in [4.78, 5) is 15.0. The molecule has 2 aromatic rings. The fourth-order valence-electron chi connectivity index (χ4n) is 4.63. The highest BCUT2D eigenvalue weighted by Gasteiger charge is 2.46. The molecule has 2 heterocycles. The number of carbonyl (C=O) groups excluding carboxylic acids is 1. The molecule has 0 saturated carbocycles. The molecular formula is C22H24F3N3O. The van der Waals surface area contributed by atoms with Gasteiger partial charge in [-0.2, -0.15) is 13.2 Å². The number of amides is 1. The maximum absolute atomic E-state index is 12.9. The van der Waals surface area contributed by atoms with Crippen molar-refractivity contribution in [1.29, 1.82) is 0 Å². The summed E-state index contributed by atoms with van der Waals surface area (Å²) < 4.78 is 38.7. The number of carbonyl (C=O) groups is 1. The van der Waals surface area contributed by atoms with Crippen LogP contribution in [0.2, 0.25) is 0 Å². The Morgan fingerprint density at radius 1 is 0.931 bits per heavy atom. The van der Waals surface area contributed by atoms with E-state index >= 15 is 0 Å². The van der Waals surface area contributed by atoms with Gasteiger partial charge < -0.3 is 10.2 Å². The van der Waals surface area contributed by atoms with E-state index in [-0.39, 0.29) is 31.1 Å². The summed E-state index contributed by atoms with van der Waals surface area (Å²) >= 11 is 0. The van der Waals surface area contributed by atoms with Crippen molar-refractivity contribution in [3.05, 3.63) is 71.8 Å². The van der Waals surface area contributed by atoms with Crippen LogP contribution in [0.25, 0.3) is 0 Å². The fraction of sp³-hybridized carbons (Fsp3) is 0.409. The topological polar surface area (TPSA) is 35.6 Å². The zero-order chi connectivity index (χ0) is 20.4. The van der Waals surface area contributed by atoms with Crippen molar-refractivity contribution < 1.29 is 18.0 Å². The van der Waals surface area contributed by atoms with E-state index in [0.717, 1.165) is 11.4 Å². The second-order valence-corrected chi connectivity index (χ2v) is 7.67. The molecule has 7 heteroatoms. The second-order valence-electron chi connectivity index (χ2n) is 7.67. The molecule has 0 spiro atoms. The molecule has 0 bridgehead atoms. The minimum absolute atomic E-state index is 0.0950. The van der Waals surface area contributed by atoms with E-state index in [1.54, 1.807) is 0 Å². The Kier molecular flexibility index (Phi) is 5.61. The first-order valence-electron chi connectivity index (χ1n) is 9.87. The summed E-state index contributed by atoms with van der Waals surface area (Å²) in [6.07, 6.45) is -4.82. The maximum Gasteiger partial charge on any atom is 0.471 e. The number of rotatable bonds is 3. The van der Waals surface area contributed by atoms with Crippen molar-refractivity contribution in [2.45, 2.75) is 24.2 Å². The van der Waals surface area contributed by atoms with E-state index in [4.69, 9.17) is 0 Å². The van der Waals surface area contributed by atoms with Gasteiger partial charge in [0.05, 0.1) is 0 Å². The van der Waals surface area contributed by atoms with E-state index in [9.17, 15) is 18.0 Å². The second kappa shape index (κ2) is 8.16. The van der Waals surface area contributed by atoms with Crippen LogP contribution in [0.5, 0.6) is 0 Å².